The molecule has 58 heavy (non-hydrogen) atoms. The number of H-pyrrole nitrogens is 2. The average Bonchev–Trinajstić information content (AvgIpc) is 4.03. The summed E-state index contributed by atoms with van der Waals surface area (Å²) in [5.41, 5.74) is 3.56. The van der Waals surface area contributed by atoms with E-state index in [0.717, 1.165) is 12.0 Å². The first-order chi connectivity index (χ1) is 28.1. The van der Waals surface area contributed by atoms with Crippen LogP contribution in [0, 0.1) is 29.1 Å². The number of halogens is 5. The van der Waals surface area contributed by atoms with Crippen molar-refractivity contribution in [2.24, 2.45) is 0 Å². The van der Waals surface area contributed by atoms with Crippen molar-refractivity contribution >= 4 is 39.3 Å². The van der Waals surface area contributed by atoms with Crippen LogP contribution in [0.25, 0.3) is 22.1 Å². The molecule has 302 valence electrons. The molecule has 5 heterocycles. The third-order valence-electron chi connectivity index (χ3n) is 12.5. The van der Waals surface area contributed by atoms with Crippen molar-refractivity contribution in [3.05, 3.63) is 119 Å². The molecule has 0 spiro atoms. The van der Waals surface area contributed by atoms with Crippen LogP contribution in [-0.4, -0.2) is 63.6 Å². The molecule has 0 unspecified atom stereocenters. The molecule has 3 aliphatic rings. The van der Waals surface area contributed by atoms with Crippen LogP contribution in [0.2, 0.25) is 0 Å². The Balaban J connectivity index is 1.06. The van der Waals surface area contributed by atoms with E-state index in [2.05, 4.69) is 15.0 Å². The monoisotopic (exact) mass is 797 g/mol. The molecule has 6 aromatic rings. The Morgan fingerprint density at radius 1 is 0.793 bits per heavy atom. The first kappa shape index (κ1) is 38.0. The van der Waals surface area contributed by atoms with E-state index in [9.17, 15) is 9.18 Å². The maximum absolute atomic E-state index is 16.4. The second-order valence-corrected chi connectivity index (χ2v) is 15.9. The van der Waals surface area contributed by atoms with Crippen LogP contribution in [0.4, 0.5) is 33.3 Å². The van der Waals surface area contributed by atoms with Gasteiger partial charge in [0.15, 0.2) is 11.6 Å². The number of likely N-dealkylation sites (tertiary alicyclic amines) is 1. The van der Waals surface area contributed by atoms with Gasteiger partial charge in [0.05, 0.1) is 59.0 Å². The Morgan fingerprint density at radius 2 is 1.45 bits per heavy atom. The fourth-order valence-electron chi connectivity index (χ4n) is 9.46. The number of fused-ring (bicyclic) bond motifs is 2. The molecule has 3 aliphatic heterocycles. The fraction of sp³-hybridized carbons (Fsp3) is 0.386. The number of hydrogen-bond acceptors (Lipinski definition) is 6. The Kier molecular flexibility index (Phi) is 10.1. The number of hydrogen-bond donors (Lipinski definition) is 2. The lowest BCUT2D eigenvalue weighted by Gasteiger charge is -2.36. The molecule has 0 radical (unpaired) electrons. The predicted octanol–water partition coefficient (Wildman–Crippen LogP) is 9.69. The molecule has 14 heteroatoms. The molecule has 4 atom stereocenters. The lowest BCUT2D eigenvalue weighted by Crippen LogP contribution is -2.34. The summed E-state index contributed by atoms with van der Waals surface area (Å²) >= 11 is 0. The number of ether oxygens (including phenoxy) is 1. The molecule has 1 amide bonds. The smallest absolute Gasteiger partial charge is 0.225 e. The first-order valence-corrected chi connectivity index (χ1v) is 20.0. The van der Waals surface area contributed by atoms with E-state index in [1.165, 1.54) is 42.7 Å². The molecular weight excluding hydrogens is 754 g/mol. The standard InChI is InChI=1S/C44H44F5N7O2/c1-24(58-2)16-42(57)55-13-3-4-41(55)44-52-37-20-30(32(47)22-38(37)53-44)40-10-9-39(29-19-35-36(21-31(29)46)51-23-50-35)56(40)28-17-33(48)43(34(49)18-28)54-14-11-26(12-15-54)25-5-7-27(45)8-6-25/h5-8,17-24,26,39-41H,3-4,9-16H2,1-2H3,(H,50,51)(H,52,53)/t24-,39-,40-,41+/m1/s1. The van der Waals surface area contributed by atoms with Crippen LogP contribution in [0.5, 0.6) is 0 Å². The zero-order valence-electron chi connectivity index (χ0n) is 32.3. The van der Waals surface area contributed by atoms with Crippen LogP contribution >= 0.6 is 0 Å². The Labute approximate surface area is 332 Å². The van der Waals surface area contributed by atoms with E-state index >= 15 is 17.6 Å². The number of aromatic nitrogens is 4. The van der Waals surface area contributed by atoms with Gasteiger partial charge in [-0.25, -0.2) is 31.9 Å². The number of imidazole rings is 2. The van der Waals surface area contributed by atoms with Gasteiger partial charge in [-0.15, -0.1) is 0 Å². The summed E-state index contributed by atoms with van der Waals surface area (Å²) < 4.78 is 84.0. The van der Waals surface area contributed by atoms with E-state index in [0.29, 0.717) is 85.2 Å². The van der Waals surface area contributed by atoms with E-state index in [4.69, 9.17) is 9.72 Å². The van der Waals surface area contributed by atoms with Crippen LogP contribution in [-0.2, 0) is 9.53 Å². The summed E-state index contributed by atoms with van der Waals surface area (Å²) in [6, 6.07) is 13.2. The highest BCUT2D eigenvalue weighted by Crippen LogP contribution is 2.50. The van der Waals surface area contributed by atoms with Gasteiger partial charge < -0.3 is 29.4 Å². The number of nitrogens with one attached hydrogen (secondary N) is 2. The molecule has 2 aromatic heterocycles. The lowest BCUT2D eigenvalue weighted by atomic mass is 9.89. The summed E-state index contributed by atoms with van der Waals surface area (Å²) in [6.45, 7) is 3.22. The molecule has 2 N–H and O–H groups in total. The summed E-state index contributed by atoms with van der Waals surface area (Å²) in [4.78, 5) is 33.7. The van der Waals surface area contributed by atoms with Gasteiger partial charge in [0.1, 0.15) is 29.0 Å². The second-order valence-electron chi connectivity index (χ2n) is 15.9. The third kappa shape index (κ3) is 6.94. The van der Waals surface area contributed by atoms with Crippen LogP contribution in [0.3, 0.4) is 0 Å². The average molecular weight is 798 g/mol. The summed E-state index contributed by atoms with van der Waals surface area (Å²) in [6.07, 6.45) is 4.97. The van der Waals surface area contributed by atoms with E-state index in [-0.39, 0.29) is 53.1 Å². The number of amides is 1. The number of nitrogens with zero attached hydrogens (tertiary/aromatic N) is 5. The molecule has 0 bridgehead atoms. The molecule has 9 nitrogen and oxygen atoms in total. The molecule has 9 rings (SSSR count). The largest absolute Gasteiger partial charge is 0.381 e. The van der Waals surface area contributed by atoms with Crippen molar-refractivity contribution in [2.75, 3.05) is 36.5 Å². The second kappa shape index (κ2) is 15.3. The quantitative estimate of drug-likeness (QED) is 0.142. The SMILES string of the molecule is CO[C@H](C)CC(=O)N1CCC[C@H]1c1nc2cc(F)c([C@H]3CC[C@H](c4cc5[nH]cnc5cc4F)N3c3cc(F)c(N4CCC(c5ccc(F)cc5)CC4)c(F)c3)cc2[nH]1. The van der Waals surface area contributed by atoms with Crippen molar-refractivity contribution in [1.82, 2.24) is 24.8 Å². The van der Waals surface area contributed by atoms with E-state index < -0.39 is 35.4 Å². The molecule has 0 aliphatic carbocycles. The summed E-state index contributed by atoms with van der Waals surface area (Å²) in [5.74, 6) is -2.29. The molecular formula is C44H44F5N7O2. The summed E-state index contributed by atoms with van der Waals surface area (Å²) in [5, 5.41) is 0. The van der Waals surface area contributed by atoms with Gasteiger partial charge in [-0.3, -0.25) is 4.79 Å². The zero-order chi connectivity index (χ0) is 40.2. The highest BCUT2D eigenvalue weighted by molar-refractivity contribution is 5.79. The van der Waals surface area contributed by atoms with Crippen LogP contribution < -0.4 is 9.80 Å². The number of benzene rings is 4. The number of carbonyl (C=O) groups is 1. The van der Waals surface area contributed by atoms with Crippen LogP contribution in [0.1, 0.15) is 98.4 Å². The Morgan fingerprint density at radius 3 is 2.12 bits per heavy atom. The number of carbonyl (C=O) groups excluding carboxylic acids is 1. The van der Waals surface area contributed by atoms with Crippen molar-refractivity contribution in [1.29, 1.82) is 0 Å². The number of methoxy groups -OCH3 is 1. The number of piperidine rings is 1. The predicted molar refractivity (Wildman–Crippen MR) is 211 cm³/mol. The maximum atomic E-state index is 16.4. The van der Waals surface area contributed by atoms with E-state index in [1.54, 1.807) is 46.1 Å². The lowest BCUT2D eigenvalue weighted by molar-refractivity contribution is -0.134. The summed E-state index contributed by atoms with van der Waals surface area (Å²) in [7, 11) is 1.57. The van der Waals surface area contributed by atoms with Gasteiger partial charge in [0, 0.05) is 55.7 Å². The van der Waals surface area contributed by atoms with Gasteiger partial charge in [0.2, 0.25) is 5.91 Å². The zero-order valence-corrected chi connectivity index (χ0v) is 32.3. The highest BCUT2D eigenvalue weighted by atomic mass is 19.1. The van der Waals surface area contributed by atoms with Crippen molar-refractivity contribution in [3.63, 3.8) is 0 Å². The van der Waals surface area contributed by atoms with E-state index in [1.807, 2.05) is 6.92 Å². The van der Waals surface area contributed by atoms with Crippen molar-refractivity contribution in [2.45, 2.75) is 82.0 Å². The van der Waals surface area contributed by atoms with Gasteiger partial charge in [-0.1, -0.05) is 12.1 Å². The first-order valence-electron chi connectivity index (χ1n) is 20.0. The number of rotatable bonds is 9. The highest BCUT2D eigenvalue weighted by Gasteiger charge is 2.40. The minimum absolute atomic E-state index is 0.0441. The van der Waals surface area contributed by atoms with Crippen molar-refractivity contribution < 1.29 is 31.5 Å². The van der Waals surface area contributed by atoms with Gasteiger partial charge in [-0.2, -0.15) is 0 Å². The Hall–Kier alpha value is -5.50. The number of aromatic amines is 2. The van der Waals surface area contributed by atoms with Gasteiger partial charge in [-0.05, 0) is 93.3 Å². The third-order valence-corrected chi connectivity index (χ3v) is 12.5. The maximum Gasteiger partial charge on any atom is 0.225 e. The minimum Gasteiger partial charge on any atom is -0.381 e. The molecule has 4 aromatic carbocycles. The topological polar surface area (TPSA) is 93.4 Å². The van der Waals surface area contributed by atoms with Gasteiger partial charge >= 0.3 is 0 Å². The van der Waals surface area contributed by atoms with Crippen LogP contribution in [0.15, 0.2) is 67.0 Å². The molecule has 3 fully saturated rings. The fourth-order valence-corrected chi connectivity index (χ4v) is 9.46. The number of anilines is 2. The Bertz CT molecular complexity index is 2460. The van der Waals surface area contributed by atoms with Gasteiger partial charge in [0.25, 0.3) is 0 Å². The van der Waals surface area contributed by atoms with Crippen molar-refractivity contribution in [3.8, 4) is 0 Å². The molecule has 3 saturated heterocycles. The molecule has 0 saturated carbocycles. The normalized spacial score (nSPS) is 20.9. The minimum atomic E-state index is -0.770.